The van der Waals surface area contributed by atoms with E-state index in [1.54, 1.807) is 0 Å². The number of nitrogens with one attached hydrogen (secondary N) is 1. The van der Waals surface area contributed by atoms with Crippen LogP contribution in [0.1, 0.15) is 23.8 Å². The zero-order valence-electron chi connectivity index (χ0n) is 18.0. The standard InChI is InChI=1S/C27H20N2O5/c30-14-22-21(31)12-23(34-22)29-13-20(26(32)28-27(29)33)5-4-15-10-18-8-6-16-2-1-3-17-7-9-19(11-15)25(18)24(16)17/h1-3,6-11,13,21-23,30-31H,12,14H2,(H,28,32,33)/t21-,22-,23-/m1/s1. The van der Waals surface area contributed by atoms with E-state index in [1.807, 2.05) is 12.1 Å². The van der Waals surface area contributed by atoms with Gasteiger partial charge in [0, 0.05) is 18.2 Å². The summed E-state index contributed by atoms with van der Waals surface area (Å²) in [5.41, 5.74) is -0.399. The second-order valence-electron chi connectivity index (χ2n) is 8.58. The van der Waals surface area contributed by atoms with E-state index in [0.717, 1.165) is 16.3 Å². The fourth-order valence-electron chi connectivity index (χ4n) is 4.80. The molecule has 0 aliphatic carbocycles. The molecule has 0 saturated carbocycles. The van der Waals surface area contributed by atoms with Crippen molar-refractivity contribution in [2.75, 3.05) is 6.61 Å². The quantitative estimate of drug-likeness (QED) is 0.282. The second kappa shape index (κ2) is 7.82. The predicted molar refractivity (Wildman–Crippen MR) is 129 cm³/mol. The summed E-state index contributed by atoms with van der Waals surface area (Å²) in [5.74, 6) is 5.93. The lowest BCUT2D eigenvalue weighted by atomic mass is 9.93. The van der Waals surface area contributed by atoms with Crippen LogP contribution in [0.25, 0.3) is 32.3 Å². The lowest BCUT2D eigenvalue weighted by Crippen LogP contribution is -2.33. The first-order valence-corrected chi connectivity index (χ1v) is 11.0. The van der Waals surface area contributed by atoms with Crippen LogP contribution in [0.3, 0.4) is 0 Å². The number of benzene rings is 4. The lowest BCUT2D eigenvalue weighted by molar-refractivity contribution is -0.0459. The Morgan fingerprint density at radius 1 is 0.971 bits per heavy atom. The van der Waals surface area contributed by atoms with Crippen molar-refractivity contribution in [2.24, 2.45) is 0 Å². The van der Waals surface area contributed by atoms with Gasteiger partial charge >= 0.3 is 5.69 Å². The minimum atomic E-state index is -0.900. The molecule has 1 aliphatic rings. The van der Waals surface area contributed by atoms with Crippen molar-refractivity contribution in [1.29, 1.82) is 0 Å². The van der Waals surface area contributed by atoms with E-state index in [4.69, 9.17) is 4.74 Å². The molecule has 0 radical (unpaired) electrons. The van der Waals surface area contributed by atoms with E-state index in [2.05, 4.69) is 59.3 Å². The van der Waals surface area contributed by atoms with E-state index < -0.39 is 29.7 Å². The minimum absolute atomic E-state index is 0.107. The average Bonchev–Trinajstić information content (AvgIpc) is 3.22. The Labute approximate surface area is 193 Å². The molecule has 34 heavy (non-hydrogen) atoms. The molecule has 1 saturated heterocycles. The normalized spacial score (nSPS) is 20.2. The highest BCUT2D eigenvalue weighted by molar-refractivity contribution is 6.23. The van der Waals surface area contributed by atoms with Gasteiger partial charge in [0.25, 0.3) is 5.56 Å². The Morgan fingerprint density at radius 2 is 1.62 bits per heavy atom. The van der Waals surface area contributed by atoms with Gasteiger partial charge in [-0.15, -0.1) is 0 Å². The number of nitrogens with zero attached hydrogens (tertiary/aromatic N) is 1. The number of aromatic amines is 1. The molecule has 168 valence electrons. The highest BCUT2D eigenvalue weighted by Crippen LogP contribution is 2.35. The maximum Gasteiger partial charge on any atom is 0.330 e. The molecule has 0 amide bonds. The van der Waals surface area contributed by atoms with Crippen LogP contribution in [0, 0.1) is 11.8 Å². The largest absolute Gasteiger partial charge is 0.394 e. The third kappa shape index (κ3) is 3.28. The van der Waals surface area contributed by atoms with Gasteiger partial charge in [0.05, 0.1) is 12.7 Å². The molecule has 7 heteroatoms. The van der Waals surface area contributed by atoms with Crippen LogP contribution in [-0.2, 0) is 4.74 Å². The summed E-state index contributed by atoms with van der Waals surface area (Å²) in [7, 11) is 0. The first-order chi connectivity index (χ1) is 16.5. The summed E-state index contributed by atoms with van der Waals surface area (Å²) < 4.78 is 6.75. The van der Waals surface area contributed by atoms with Gasteiger partial charge in [0.2, 0.25) is 0 Å². The fourth-order valence-corrected chi connectivity index (χ4v) is 4.80. The Morgan fingerprint density at radius 3 is 2.26 bits per heavy atom. The number of aliphatic hydroxyl groups excluding tert-OH is 2. The maximum absolute atomic E-state index is 12.4. The van der Waals surface area contributed by atoms with Gasteiger partial charge in [-0.25, -0.2) is 4.79 Å². The van der Waals surface area contributed by atoms with Gasteiger partial charge < -0.3 is 14.9 Å². The Kier molecular flexibility index (Phi) is 4.74. The Hall–Kier alpha value is -3.96. The van der Waals surface area contributed by atoms with Crippen molar-refractivity contribution >= 4 is 32.3 Å². The monoisotopic (exact) mass is 452 g/mol. The number of aromatic nitrogens is 2. The summed E-state index contributed by atoms with van der Waals surface area (Å²) in [5, 5.41) is 26.2. The first kappa shape index (κ1) is 20.6. The van der Waals surface area contributed by atoms with Crippen molar-refractivity contribution in [3.63, 3.8) is 0 Å². The summed E-state index contributed by atoms with van der Waals surface area (Å²) in [4.78, 5) is 27.0. The number of aliphatic hydroxyl groups is 2. The number of rotatable bonds is 2. The molecule has 5 aromatic rings. The summed E-state index contributed by atoms with van der Waals surface area (Å²) in [6, 6.07) is 18.6. The third-order valence-electron chi connectivity index (χ3n) is 6.47. The molecule has 1 aromatic heterocycles. The SMILES string of the molecule is O=c1[nH]c(=O)n([C@H]2C[C@@H](O)[C@@H](CO)O2)cc1C#Cc1cc2ccc3cccc4ccc(c1)c2c34. The summed E-state index contributed by atoms with van der Waals surface area (Å²) in [6.07, 6.45) is -1.01. The van der Waals surface area contributed by atoms with Crippen LogP contribution in [0.2, 0.25) is 0 Å². The van der Waals surface area contributed by atoms with Gasteiger partial charge in [0.15, 0.2) is 0 Å². The molecule has 0 spiro atoms. The van der Waals surface area contributed by atoms with Crippen molar-refractivity contribution in [1.82, 2.24) is 9.55 Å². The van der Waals surface area contributed by atoms with E-state index in [-0.39, 0.29) is 18.6 Å². The highest BCUT2D eigenvalue weighted by atomic mass is 16.5. The summed E-state index contributed by atoms with van der Waals surface area (Å²) >= 11 is 0. The number of hydrogen-bond donors (Lipinski definition) is 3. The lowest BCUT2D eigenvalue weighted by Gasteiger charge is -2.14. The van der Waals surface area contributed by atoms with Crippen LogP contribution in [0.5, 0.6) is 0 Å². The van der Waals surface area contributed by atoms with E-state index in [1.165, 1.54) is 32.3 Å². The number of hydrogen-bond acceptors (Lipinski definition) is 5. The molecule has 6 rings (SSSR count). The molecule has 3 N–H and O–H groups in total. The van der Waals surface area contributed by atoms with E-state index >= 15 is 0 Å². The highest BCUT2D eigenvalue weighted by Gasteiger charge is 2.35. The zero-order valence-corrected chi connectivity index (χ0v) is 18.0. The smallest absolute Gasteiger partial charge is 0.330 e. The molecule has 4 aromatic carbocycles. The molecular formula is C27H20N2O5. The molecule has 1 fully saturated rings. The van der Waals surface area contributed by atoms with Crippen LogP contribution >= 0.6 is 0 Å². The maximum atomic E-state index is 12.4. The molecule has 0 unspecified atom stereocenters. The predicted octanol–water partition coefficient (Wildman–Crippen LogP) is 2.47. The van der Waals surface area contributed by atoms with Gasteiger partial charge in [-0.05, 0) is 44.5 Å². The first-order valence-electron chi connectivity index (χ1n) is 11.0. The van der Waals surface area contributed by atoms with Crippen molar-refractivity contribution in [3.05, 3.63) is 92.8 Å². The van der Waals surface area contributed by atoms with Gasteiger partial charge in [-0.2, -0.15) is 0 Å². The molecular weight excluding hydrogens is 432 g/mol. The van der Waals surface area contributed by atoms with Crippen molar-refractivity contribution < 1.29 is 14.9 Å². The van der Waals surface area contributed by atoms with Crippen LogP contribution < -0.4 is 11.2 Å². The Bertz CT molecular complexity index is 1680. The van der Waals surface area contributed by atoms with E-state index in [9.17, 15) is 19.8 Å². The van der Waals surface area contributed by atoms with Gasteiger partial charge in [-0.1, -0.05) is 54.3 Å². The Balaban J connectivity index is 1.42. The summed E-state index contributed by atoms with van der Waals surface area (Å²) in [6.45, 7) is -0.363. The topological polar surface area (TPSA) is 105 Å². The second-order valence-corrected chi connectivity index (χ2v) is 8.58. The molecule has 0 bridgehead atoms. The zero-order chi connectivity index (χ0) is 23.4. The third-order valence-corrected chi connectivity index (χ3v) is 6.47. The number of ether oxygens (including phenoxy) is 1. The van der Waals surface area contributed by atoms with Crippen LogP contribution in [-0.4, -0.2) is 38.6 Å². The molecule has 1 aliphatic heterocycles. The van der Waals surface area contributed by atoms with E-state index in [0.29, 0.717) is 0 Å². The van der Waals surface area contributed by atoms with Crippen molar-refractivity contribution in [2.45, 2.75) is 24.9 Å². The average molecular weight is 452 g/mol. The fraction of sp³-hybridized carbons (Fsp3) is 0.185. The number of H-pyrrole nitrogens is 1. The van der Waals surface area contributed by atoms with Gasteiger partial charge in [-0.3, -0.25) is 14.3 Å². The van der Waals surface area contributed by atoms with Crippen LogP contribution in [0.15, 0.2) is 70.4 Å². The molecule has 3 atom stereocenters. The molecule has 7 nitrogen and oxygen atoms in total. The molecule has 2 heterocycles. The van der Waals surface area contributed by atoms with Crippen molar-refractivity contribution in [3.8, 4) is 11.8 Å². The minimum Gasteiger partial charge on any atom is -0.394 e. The van der Waals surface area contributed by atoms with Crippen LogP contribution in [0.4, 0.5) is 0 Å². The van der Waals surface area contributed by atoms with Gasteiger partial charge in [0.1, 0.15) is 17.9 Å².